The summed E-state index contributed by atoms with van der Waals surface area (Å²) in [5.74, 6) is 1.30. The highest BCUT2D eigenvalue weighted by Crippen LogP contribution is 2.39. The van der Waals surface area contributed by atoms with Crippen LogP contribution in [0.2, 0.25) is 0 Å². The second kappa shape index (κ2) is 5.98. The van der Waals surface area contributed by atoms with Gasteiger partial charge in [0.15, 0.2) is 0 Å². The third kappa shape index (κ3) is 2.72. The summed E-state index contributed by atoms with van der Waals surface area (Å²) in [5, 5.41) is 0. The highest BCUT2D eigenvalue weighted by molar-refractivity contribution is 7.79. The van der Waals surface area contributed by atoms with E-state index < -0.39 is 0 Å². The van der Waals surface area contributed by atoms with Crippen molar-refractivity contribution >= 4 is 12.6 Å². The summed E-state index contributed by atoms with van der Waals surface area (Å²) < 4.78 is 7.63. The zero-order valence-electron chi connectivity index (χ0n) is 12.1. The first-order chi connectivity index (χ1) is 10.3. The zero-order valence-corrected chi connectivity index (χ0v) is 13.0. The first-order valence-electron chi connectivity index (χ1n) is 7.33. The second-order valence-electron chi connectivity index (χ2n) is 5.24. The van der Waals surface area contributed by atoms with Crippen molar-refractivity contribution in [1.82, 2.24) is 4.57 Å². The predicted octanol–water partition coefficient (Wildman–Crippen LogP) is 3.68. The lowest BCUT2D eigenvalue weighted by atomic mass is 10.1. The molecule has 21 heavy (non-hydrogen) atoms. The summed E-state index contributed by atoms with van der Waals surface area (Å²) in [4.78, 5) is 12.6. The standard InChI is InChI=1S/C17H19NO2S/c1-2-20-16-6-4-3-5-14(16)15-10-7-12(11-21)17(19)18(15)13-8-9-13/h3-7,10,13,21H,2,8-9,11H2,1H3. The van der Waals surface area contributed by atoms with Crippen LogP contribution < -0.4 is 10.3 Å². The van der Waals surface area contributed by atoms with Crippen LogP contribution in [0, 0.1) is 0 Å². The molecule has 0 unspecified atom stereocenters. The Balaban J connectivity index is 2.19. The minimum atomic E-state index is 0.0799. The van der Waals surface area contributed by atoms with Crippen LogP contribution in [0.15, 0.2) is 41.2 Å². The number of hydrogen-bond donors (Lipinski definition) is 1. The largest absolute Gasteiger partial charge is 0.493 e. The van der Waals surface area contributed by atoms with Crippen LogP contribution in [0.5, 0.6) is 5.75 Å². The monoisotopic (exact) mass is 301 g/mol. The highest BCUT2D eigenvalue weighted by Gasteiger charge is 2.28. The number of aromatic nitrogens is 1. The Morgan fingerprint density at radius 1 is 1.24 bits per heavy atom. The average molecular weight is 301 g/mol. The molecule has 0 amide bonds. The number of pyridine rings is 1. The minimum absolute atomic E-state index is 0.0799. The van der Waals surface area contributed by atoms with E-state index in [9.17, 15) is 4.79 Å². The maximum Gasteiger partial charge on any atom is 0.255 e. The maximum absolute atomic E-state index is 12.6. The van der Waals surface area contributed by atoms with E-state index in [4.69, 9.17) is 4.74 Å². The van der Waals surface area contributed by atoms with Crippen molar-refractivity contribution in [3.63, 3.8) is 0 Å². The fraction of sp³-hybridized carbons (Fsp3) is 0.353. The van der Waals surface area contributed by atoms with Gasteiger partial charge in [-0.25, -0.2) is 0 Å². The van der Waals surface area contributed by atoms with Gasteiger partial charge in [0.25, 0.3) is 5.56 Å². The molecular formula is C17H19NO2S. The number of thiol groups is 1. The Kier molecular flexibility index (Phi) is 4.06. The molecule has 0 aliphatic heterocycles. The molecule has 3 rings (SSSR count). The van der Waals surface area contributed by atoms with E-state index in [0.29, 0.717) is 18.4 Å². The molecule has 0 atom stereocenters. The minimum Gasteiger partial charge on any atom is -0.493 e. The Morgan fingerprint density at radius 2 is 2.00 bits per heavy atom. The molecule has 1 aromatic heterocycles. The molecule has 0 saturated heterocycles. The van der Waals surface area contributed by atoms with E-state index in [2.05, 4.69) is 12.6 Å². The SMILES string of the molecule is CCOc1ccccc1-c1ccc(CS)c(=O)n1C1CC1. The summed E-state index contributed by atoms with van der Waals surface area (Å²) in [6.45, 7) is 2.58. The summed E-state index contributed by atoms with van der Waals surface area (Å²) in [7, 11) is 0. The van der Waals surface area contributed by atoms with Crippen molar-refractivity contribution in [1.29, 1.82) is 0 Å². The Morgan fingerprint density at radius 3 is 2.67 bits per heavy atom. The number of rotatable bonds is 5. The molecule has 1 aliphatic rings. The first kappa shape index (κ1) is 14.3. The lowest BCUT2D eigenvalue weighted by Crippen LogP contribution is -2.23. The fourth-order valence-corrected chi connectivity index (χ4v) is 2.83. The molecule has 1 heterocycles. The molecule has 1 fully saturated rings. The van der Waals surface area contributed by atoms with Gasteiger partial charge in [0.2, 0.25) is 0 Å². The van der Waals surface area contributed by atoms with E-state index in [1.807, 2.05) is 47.9 Å². The summed E-state index contributed by atoms with van der Waals surface area (Å²) in [6, 6.07) is 12.1. The van der Waals surface area contributed by atoms with Crippen LogP contribution in [0.3, 0.4) is 0 Å². The van der Waals surface area contributed by atoms with Gasteiger partial charge >= 0.3 is 0 Å². The molecule has 0 N–H and O–H groups in total. The summed E-state index contributed by atoms with van der Waals surface area (Å²) in [6.07, 6.45) is 2.14. The molecule has 3 nitrogen and oxygen atoms in total. The number of para-hydroxylation sites is 1. The Hall–Kier alpha value is -1.68. The molecule has 1 saturated carbocycles. The highest BCUT2D eigenvalue weighted by atomic mass is 32.1. The third-order valence-corrected chi connectivity index (χ3v) is 4.08. The van der Waals surface area contributed by atoms with Crippen molar-refractivity contribution in [3.8, 4) is 17.0 Å². The lowest BCUT2D eigenvalue weighted by Gasteiger charge is -2.16. The van der Waals surface area contributed by atoms with E-state index in [-0.39, 0.29) is 5.56 Å². The number of hydrogen-bond acceptors (Lipinski definition) is 3. The number of nitrogens with zero attached hydrogens (tertiary/aromatic N) is 1. The van der Waals surface area contributed by atoms with Crippen molar-refractivity contribution in [3.05, 3.63) is 52.3 Å². The molecule has 0 radical (unpaired) electrons. The van der Waals surface area contributed by atoms with E-state index in [1.165, 1.54) is 0 Å². The summed E-state index contributed by atoms with van der Waals surface area (Å²) >= 11 is 4.25. The molecule has 1 aromatic carbocycles. The van der Waals surface area contributed by atoms with Crippen molar-refractivity contribution in [2.24, 2.45) is 0 Å². The molecule has 1 aliphatic carbocycles. The van der Waals surface area contributed by atoms with Crippen molar-refractivity contribution in [2.75, 3.05) is 6.61 Å². The van der Waals surface area contributed by atoms with E-state index >= 15 is 0 Å². The quantitative estimate of drug-likeness (QED) is 0.854. The zero-order chi connectivity index (χ0) is 14.8. The van der Waals surface area contributed by atoms with Crippen LogP contribution >= 0.6 is 12.6 Å². The van der Waals surface area contributed by atoms with Crippen LogP contribution in [0.25, 0.3) is 11.3 Å². The smallest absolute Gasteiger partial charge is 0.255 e. The molecular weight excluding hydrogens is 282 g/mol. The summed E-state index contributed by atoms with van der Waals surface area (Å²) in [5.41, 5.74) is 2.75. The molecule has 0 bridgehead atoms. The first-order valence-corrected chi connectivity index (χ1v) is 7.97. The van der Waals surface area contributed by atoms with Crippen LogP contribution in [-0.4, -0.2) is 11.2 Å². The van der Waals surface area contributed by atoms with Crippen molar-refractivity contribution in [2.45, 2.75) is 31.6 Å². The molecule has 2 aromatic rings. The van der Waals surface area contributed by atoms with E-state index in [1.54, 1.807) is 0 Å². The molecule has 110 valence electrons. The topological polar surface area (TPSA) is 31.2 Å². The number of benzene rings is 1. The van der Waals surface area contributed by atoms with Crippen LogP contribution in [0.1, 0.15) is 31.4 Å². The molecule has 4 heteroatoms. The number of ether oxygens (including phenoxy) is 1. The third-order valence-electron chi connectivity index (χ3n) is 3.74. The van der Waals surface area contributed by atoms with E-state index in [0.717, 1.165) is 35.4 Å². The van der Waals surface area contributed by atoms with Crippen LogP contribution in [0.4, 0.5) is 0 Å². The fourth-order valence-electron chi connectivity index (χ4n) is 2.59. The van der Waals surface area contributed by atoms with Gasteiger partial charge in [0.05, 0.1) is 12.3 Å². The van der Waals surface area contributed by atoms with Gasteiger partial charge in [0.1, 0.15) is 5.75 Å². The Labute approximate surface area is 130 Å². The van der Waals surface area contributed by atoms with Gasteiger partial charge in [-0.3, -0.25) is 4.79 Å². The van der Waals surface area contributed by atoms with Gasteiger partial charge < -0.3 is 9.30 Å². The lowest BCUT2D eigenvalue weighted by molar-refractivity contribution is 0.341. The van der Waals surface area contributed by atoms with Gasteiger partial charge in [0, 0.05) is 22.9 Å². The average Bonchev–Trinajstić information content (AvgIpc) is 3.32. The predicted molar refractivity (Wildman–Crippen MR) is 88.3 cm³/mol. The van der Waals surface area contributed by atoms with Crippen molar-refractivity contribution < 1.29 is 4.74 Å². The van der Waals surface area contributed by atoms with Gasteiger partial charge in [-0.2, -0.15) is 12.6 Å². The molecule has 0 spiro atoms. The van der Waals surface area contributed by atoms with Gasteiger partial charge in [-0.15, -0.1) is 0 Å². The maximum atomic E-state index is 12.6. The second-order valence-corrected chi connectivity index (χ2v) is 5.55. The Bertz CT molecular complexity index is 704. The van der Waals surface area contributed by atoms with Crippen LogP contribution in [-0.2, 0) is 5.75 Å². The normalized spacial score (nSPS) is 14.2. The van der Waals surface area contributed by atoms with Gasteiger partial charge in [-0.05, 0) is 38.0 Å². The van der Waals surface area contributed by atoms with Gasteiger partial charge in [-0.1, -0.05) is 18.2 Å².